The second-order valence-electron chi connectivity index (χ2n) is 5.06. The van der Waals surface area contributed by atoms with Crippen LogP contribution < -0.4 is 5.32 Å². The summed E-state index contributed by atoms with van der Waals surface area (Å²) >= 11 is 0. The van der Waals surface area contributed by atoms with Gasteiger partial charge < -0.3 is 5.32 Å². The van der Waals surface area contributed by atoms with Gasteiger partial charge in [0.2, 0.25) is 0 Å². The summed E-state index contributed by atoms with van der Waals surface area (Å²) in [5, 5.41) is 2.74. The highest BCUT2D eigenvalue weighted by atomic mass is 19.1. The van der Waals surface area contributed by atoms with Crippen molar-refractivity contribution in [2.24, 2.45) is 0 Å². The van der Waals surface area contributed by atoms with Crippen LogP contribution in [-0.2, 0) is 0 Å². The number of carbonyl (C=O) groups excluding carboxylic acids is 1. The van der Waals surface area contributed by atoms with E-state index in [1.54, 1.807) is 24.3 Å². The summed E-state index contributed by atoms with van der Waals surface area (Å²) in [5.41, 5.74) is 4.07. The van der Waals surface area contributed by atoms with Crippen LogP contribution in [0.25, 0.3) is 11.0 Å². The van der Waals surface area contributed by atoms with E-state index >= 15 is 0 Å². The molecule has 1 heterocycles. The van der Waals surface area contributed by atoms with Gasteiger partial charge in [-0.3, -0.25) is 4.79 Å². The molecule has 0 spiro atoms. The number of hydrogen-bond donors (Lipinski definition) is 1. The summed E-state index contributed by atoms with van der Waals surface area (Å²) in [7, 11) is 0. The summed E-state index contributed by atoms with van der Waals surface area (Å²) in [4.78, 5) is 21.0. The predicted molar refractivity (Wildman–Crippen MR) is 83.4 cm³/mol. The van der Waals surface area contributed by atoms with E-state index in [4.69, 9.17) is 0 Å². The maximum absolute atomic E-state index is 13.2. The fourth-order valence-corrected chi connectivity index (χ4v) is 2.14. The number of anilines is 1. The molecule has 0 radical (unpaired) electrons. The maximum Gasteiger partial charge on any atom is 0.255 e. The van der Waals surface area contributed by atoms with Gasteiger partial charge in [0.05, 0.1) is 22.4 Å². The average Bonchev–Trinajstić information content (AvgIpc) is 2.49. The van der Waals surface area contributed by atoms with Gasteiger partial charge >= 0.3 is 0 Å². The first kappa shape index (κ1) is 14.1. The number of benzene rings is 2. The van der Waals surface area contributed by atoms with Crippen molar-refractivity contribution >= 4 is 22.6 Å². The highest BCUT2D eigenvalue weighted by molar-refractivity contribution is 6.04. The summed E-state index contributed by atoms with van der Waals surface area (Å²) in [5.74, 6) is -0.807. The van der Waals surface area contributed by atoms with Crippen molar-refractivity contribution < 1.29 is 9.18 Å². The van der Waals surface area contributed by atoms with E-state index < -0.39 is 5.82 Å². The van der Waals surface area contributed by atoms with Crippen LogP contribution >= 0.6 is 0 Å². The third kappa shape index (κ3) is 2.79. The SMILES string of the molecule is Cc1nc2ccc(NC(=O)c3cccc(F)c3)cc2nc1C. The van der Waals surface area contributed by atoms with Crippen LogP contribution in [0.4, 0.5) is 10.1 Å². The Morgan fingerprint density at radius 1 is 1.00 bits per heavy atom. The zero-order chi connectivity index (χ0) is 15.7. The van der Waals surface area contributed by atoms with E-state index in [0.717, 1.165) is 16.9 Å². The lowest BCUT2D eigenvalue weighted by atomic mass is 10.2. The Kier molecular flexibility index (Phi) is 3.55. The number of nitrogens with one attached hydrogen (secondary N) is 1. The molecule has 0 fully saturated rings. The normalized spacial score (nSPS) is 10.7. The summed E-state index contributed by atoms with van der Waals surface area (Å²) in [6.07, 6.45) is 0. The molecular weight excluding hydrogens is 281 g/mol. The van der Waals surface area contributed by atoms with Crippen LogP contribution in [0.3, 0.4) is 0 Å². The molecule has 0 atom stereocenters. The van der Waals surface area contributed by atoms with Crippen molar-refractivity contribution in [2.45, 2.75) is 13.8 Å². The topological polar surface area (TPSA) is 54.9 Å². The first-order chi connectivity index (χ1) is 10.5. The fourth-order valence-electron chi connectivity index (χ4n) is 2.14. The number of hydrogen-bond acceptors (Lipinski definition) is 3. The van der Waals surface area contributed by atoms with Gasteiger partial charge in [0, 0.05) is 11.3 Å². The molecule has 4 nitrogen and oxygen atoms in total. The van der Waals surface area contributed by atoms with Crippen molar-refractivity contribution in [1.82, 2.24) is 9.97 Å². The van der Waals surface area contributed by atoms with Gasteiger partial charge in [-0.25, -0.2) is 14.4 Å². The minimum atomic E-state index is -0.442. The van der Waals surface area contributed by atoms with Crippen LogP contribution in [0.2, 0.25) is 0 Å². The van der Waals surface area contributed by atoms with E-state index in [1.807, 2.05) is 13.8 Å². The van der Waals surface area contributed by atoms with Gasteiger partial charge in [-0.2, -0.15) is 0 Å². The summed E-state index contributed by atoms with van der Waals surface area (Å²) < 4.78 is 13.2. The van der Waals surface area contributed by atoms with Crippen molar-refractivity contribution in [2.75, 3.05) is 5.32 Å². The molecule has 0 saturated heterocycles. The third-order valence-electron chi connectivity index (χ3n) is 3.42. The van der Waals surface area contributed by atoms with Gasteiger partial charge in [-0.1, -0.05) is 6.07 Å². The monoisotopic (exact) mass is 295 g/mol. The molecule has 3 rings (SSSR count). The first-order valence-electron chi connectivity index (χ1n) is 6.85. The van der Waals surface area contributed by atoms with Crippen LogP contribution in [-0.4, -0.2) is 15.9 Å². The zero-order valence-corrected chi connectivity index (χ0v) is 12.2. The van der Waals surface area contributed by atoms with Gasteiger partial charge in [-0.05, 0) is 50.2 Å². The predicted octanol–water partition coefficient (Wildman–Crippen LogP) is 3.64. The second-order valence-corrected chi connectivity index (χ2v) is 5.06. The van der Waals surface area contributed by atoms with Crippen molar-refractivity contribution in [3.63, 3.8) is 0 Å². The Labute approximate surface area is 127 Å². The van der Waals surface area contributed by atoms with E-state index in [2.05, 4.69) is 15.3 Å². The van der Waals surface area contributed by atoms with Crippen LogP contribution in [0.5, 0.6) is 0 Å². The highest BCUT2D eigenvalue weighted by Gasteiger charge is 2.08. The molecule has 0 saturated carbocycles. The lowest BCUT2D eigenvalue weighted by Crippen LogP contribution is -2.12. The minimum absolute atomic E-state index is 0.270. The van der Waals surface area contributed by atoms with Crippen molar-refractivity contribution in [3.05, 3.63) is 65.2 Å². The smallest absolute Gasteiger partial charge is 0.255 e. The Morgan fingerprint density at radius 3 is 2.45 bits per heavy atom. The quantitative estimate of drug-likeness (QED) is 0.785. The van der Waals surface area contributed by atoms with Crippen LogP contribution in [0.1, 0.15) is 21.7 Å². The molecule has 2 aromatic carbocycles. The Balaban J connectivity index is 1.90. The molecule has 1 aromatic heterocycles. The van der Waals surface area contributed by atoms with Gasteiger partial charge in [0.1, 0.15) is 5.82 Å². The Bertz CT molecular complexity index is 877. The Hall–Kier alpha value is -2.82. The molecule has 0 unspecified atom stereocenters. The van der Waals surface area contributed by atoms with Crippen LogP contribution in [0, 0.1) is 19.7 Å². The summed E-state index contributed by atoms with van der Waals surface area (Å²) in [6, 6.07) is 10.9. The summed E-state index contributed by atoms with van der Waals surface area (Å²) in [6.45, 7) is 3.79. The molecule has 22 heavy (non-hydrogen) atoms. The lowest BCUT2D eigenvalue weighted by Gasteiger charge is -2.07. The zero-order valence-electron chi connectivity index (χ0n) is 12.2. The lowest BCUT2D eigenvalue weighted by molar-refractivity contribution is 0.102. The van der Waals surface area contributed by atoms with E-state index in [9.17, 15) is 9.18 Å². The number of aromatic nitrogens is 2. The maximum atomic E-state index is 13.2. The van der Waals surface area contributed by atoms with Crippen LogP contribution in [0.15, 0.2) is 42.5 Å². The fraction of sp³-hybridized carbons (Fsp3) is 0.118. The molecule has 3 aromatic rings. The van der Waals surface area contributed by atoms with Crippen molar-refractivity contribution in [3.8, 4) is 0 Å². The largest absolute Gasteiger partial charge is 0.322 e. The second kappa shape index (κ2) is 5.52. The number of rotatable bonds is 2. The van der Waals surface area contributed by atoms with Gasteiger partial charge in [0.25, 0.3) is 5.91 Å². The van der Waals surface area contributed by atoms with E-state index in [1.165, 1.54) is 18.2 Å². The molecule has 1 amide bonds. The number of carbonyl (C=O) groups is 1. The number of fused-ring (bicyclic) bond motifs is 1. The minimum Gasteiger partial charge on any atom is -0.322 e. The Morgan fingerprint density at radius 2 is 1.73 bits per heavy atom. The average molecular weight is 295 g/mol. The molecule has 5 heteroatoms. The third-order valence-corrected chi connectivity index (χ3v) is 3.42. The molecule has 0 bridgehead atoms. The molecular formula is C17H14FN3O. The first-order valence-corrected chi connectivity index (χ1v) is 6.85. The van der Waals surface area contributed by atoms with Gasteiger partial charge in [-0.15, -0.1) is 0 Å². The molecule has 0 aliphatic heterocycles. The van der Waals surface area contributed by atoms with E-state index in [0.29, 0.717) is 11.2 Å². The highest BCUT2D eigenvalue weighted by Crippen LogP contribution is 2.18. The molecule has 1 N–H and O–H groups in total. The van der Waals surface area contributed by atoms with Crippen molar-refractivity contribution in [1.29, 1.82) is 0 Å². The number of aryl methyl sites for hydroxylation is 2. The van der Waals surface area contributed by atoms with E-state index in [-0.39, 0.29) is 11.5 Å². The number of nitrogens with zero attached hydrogens (tertiary/aromatic N) is 2. The standard InChI is InChI=1S/C17H14FN3O/c1-10-11(2)20-16-9-14(6-7-15(16)19-10)21-17(22)12-4-3-5-13(18)8-12/h3-9H,1-2H3,(H,21,22). The van der Waals surface area contributed by atoms with Gasteiger partial charge in [0.15, 0.2) is 0 Å². The molecule has 0 aliphatic rings. The molecule has 0 aliphatic carbocycles. The number of halogens is 1. The molecule has 110 valence electrons. The number of amides is 1.